The Morgan fingerprint density at radius 1 is 1.22 bits per heavy atom. The average Bonchev–Trinajstić information content (AvgIpc) is 2.72. The Labute approximate surface area is 108 Å². The fraction of sp³-hybridized carbons (Fsp3) is 0.857. The molecule has 2 fully saturated rings. The van der Waals surface area contributed by atoms with Crippen LogP contribution in [0.2, 0.25) is 0 Å². The number of carboxylic acid groups (broad SMARTS) is 1. The Kier molecular flexibility index (Phi) is 3.93. The molecule has 0 bridgehead atoms. The summed E-state index contributed by atoms with van der Waals surface area (Å²) in [4.78, 5) is 25.3. The minimum absolute atomic E-state index is 0.00574. The number of hydrogen-bond acceptors (Lipinski definition) is 2. The lowest BCUT2D eigenvalue weighted by Gasteiger charge is -2.32. The third-order valence-corrected chi connectivity index (χ3v) is 4.69. The Balaban J connectivity index is 1.89. The van der Waals surface area contributed by atoms with Crippen LogP contribution in [0.1, 0.15) is 51.4 Å². The Morgan fingerprint density at radius 3 is 2.28 bits per heavy atom. The molecule has 1 amide bonds. The Bertz CT molecular complexity index is 330. The van der Waals surface area contributed by atoms with Crippen molar-refractivity contribution in [1.82, 2.24) is 4.90 Å². The lowest BCUT2D eigenvalue weighted by atomic mass is 9.81. The van der Waals surface area contributed by atoms with E-state index in [2.05, 4.69) is 0 Å². The van der Waals surface area contributed by atoms with Crippen molar-refractivity contribution in [3.05, 3.63) is 0 Å². The van der Waals surface area contributed by atoms with Gasteiger partial charge in [-0.3, -0.25) is 9.59 Å². The first kappa shape index (κ1) is 13.4. The summed E-state index contributed by atoms with van der Waals surface area (Å²) in [6, 6.07) is 0. The third kappa shape index (κ3) is 2.68. The summed E-state index contributed by atoms with van der Waals surface area (Å²) in [5.41, 5.74) is -0.773. The maximum atomic E-state index is 12.1. The zero-order chi connectivity index (χ0) is 13.2. The first-order chi connectivity index (χ1) is 8.53. The van der Waals surface area contributed by atoms with E-state index < -0.39 is 11.4 Å². The summed E-state index contributed by atoms with van der Waals surface area (Å²) < 4.78 is 0. The van der Waals surface area contributed by atoms with Crippen LogP contribution in [0.5, 0.6) is 0 Å². The van der Waals surface area contributed by atoms with Crippen LogP contribution >= 0.6 is 0 Å². The smallest absolute Gasteiger partial charge is 0.310 e. The van der Waals surface area contributed by atoms with Gasteiger partial charge in [-0.1, -0.05) is 19.3 Å². The Morgan fingerprint density at radius 2 is 1.83 bits per heavy atom. The monoisotopic (exact) mass is 253 g/mol. The first-order valence-electron chi connectivity index (χ1n) is 7.01. The van der Waals surface area contributed by atoms with Crippen LogP contribution in [0.4, 0.5) is 0 Å². The highest BCUT2D eigenvalue weighted by atomic mass is 16.4. The molecule has 18 heavy (non-hydrogen) atoms. The summed E-state index contributed by atoms with van der Waals surface area (Å²) in [7, 11) is 1.81. The van der Waals surface area contributed by atoms with Gasteiger partial charge in [-0.25, -0.2) is 0 Å². The van der Waals surface area contributed by atoms with E-state index in [9.17, 15) is 14.7 Å². The quantitative estimate of drug-likeness (QED) is 0.817. The van der Waals surface area contributed by atoms with Gasteiger partial charge in [0.15, 0.2) is 0 Å². The van der Waals surface area contributed by atoms with E-state index in [1.165, 1.54) is 19.3 Å². The molecular weight excluding hydrogens is 230 g/mol. The molecular formula is C14H23NO3. The van der Waals surface area contributed by atoms with E-state index >= 15 is 0 Å². The van der Waals surface area contributed by atoms with Crippen molar-refractivity contribution in [1.29, 1.82) is 0 Å². The van der Waals surface area contributed by atoms with Crippen molar-refractivity contribution in [2.45, 2.75) is 51.4 Å². The van der Waals surface area contributed by atoms with Crippen molar-refractivity contribution in [2.24, 2.45) is 11.3 Å². The van der Waals surface area contributed by atoms with E-state index in [4.69, 9.17) is 0 Å². The molecule has 0 heterocycles. The molecule has 0 aromatic rings. The molecule has 2 aliphatic carbocycles. The largest absolute Gasteiger partial charge is 0.481 e. The molecule has 0 radical (unpaired) electrons. The normalized spacial score (nSPS) is 22.5. The molecule has 0 atom stereocenters. The molecule has 102 valence electrons. The van der Waals surface area contributed by atoms with Crippen LogP contribution in [0.3, 0.4) is 0 Å². The van der Waals surface area contributed by atoms with Crippen molar-refractivity contribution in [3.63, 3.8) is 0 Å². The minimum atomic E-state index is -0.787. The number of carbonyl (C=O) groups is 2. The zero-order valence-corrected chi connectivity index (χ0v) is 11.2. The molecule has 1 N–H and O–H groups in total. The van der Waals surface area contributed by atoms with Crippen molar-refractivity contribution in [3.8, 4) is 0 Å². The standard InChI is InChI=1S/C14H23NO3/c1-15(10-11-5-4-6-11)12(16)9-14(13(17)18)7-2-3-8-14/h11H,2-10H2,1H3,(H,17,18). The summed E-state index contributed by atoms with van der Waals surface area (Å²) in [5, 5.41) is 9.36. The number of carbonyl (C=O) groups excluding carboxylic acids is 1. The SMILES string of the molecule is CN(CC1CCC1)C(=O)CC1(C(=O)O)CCCC1. The van der Waals surface area contributed by atoms with E-state index in [-0.39, 0.29) is 12.3 Å². The van der Waals surface area contributed by atoms with Gasteiger partial charge in [0.1, 0.15) is 0 Å². The molecule has 4 nitrogen and oxygen atoms in total. The highest BCUT2D eigenvalue weighted by Crippen LogP contribution is 2.41. The Hall–Kier alpha value is -1.06. The minimum Gasteiger partial charge on any atom is -0.481 e. The molecule has 0 aliphatic heterocycles. The molecule has 0 aromatic carbocycles. The highest BCUT2D eigenvalue weighted by Gasteiger charge is 2.43. The van der Waals surface area contributed by atoms with Gasteiger partial charge in [0.05, 0.1) is 5.41 Å². The topological polar surface area (TPSA) is 57.6 Å². The predicted molar refractivity (Wildman–Crippen MR) is 68.1 cm³/mol. The lowest BCUT2D eigenvalue weighted by Crippen LogP contribution is -2.39. The number of aliphatic carboxylic acids is 1. The second kappa shape index (κ2) is 5.29. The fourth-order valence-corrected chi connectivity index (χ4v) is 3.11. The van der Waals surface area contributed by atoms with Crippen LogP contribution in [-0.2, 0) is 9.59 Å². The van der Waals surface area contributed by atoms with Crippen molar-refractivity contribution in [2.75, 3.05) is 13.6 Å². The molecule has 0 aromatic heterocycles. The van der Waals surface area contributed by atoms with Gasteiger partial charge < -0.3 is 10.0 Å². The number of carboxylic acids is 1. The third-order valence-electron chi connectivity index (χ3n) is 4.69. The molecule has 2 aliphatic rings. The van der Waals surface area contributed by atoms with Crippen molar-refractivity contribution < 1.29 is 14.7 Å². The molecule has 2 rings (SSSR count). The summed E-state index contributed by atoms with van der Waals surface area (Å²) >= 11 is 0. The van der Waals surface area contributed by atoms with Crippen LogP contribution in [0.25, 0.3) is 0 Å². The van der Waals surface area contributed by atoms with Gasteiger partial charge in [0, 0.05) is 20.0 Å². The van der Waals surface area contributed by atoms with Gasteiger partial charge in [0.2, 0.25) is 5.91 Å². The summed E-state index contributed by atoms with van der Waals surface area (Å²) in [6.07, 6.45) is 7.06. The molecule has 2 saturated carbocycles. The number of nitrogens with zero attached hydrogens (tertiary/aromatic N) is 1. The van der Waals surface area contributed by atoms with Crippen LogP contribution < -0.4 is 0 Å². The number of amides is 1. The van der Waals surface area contributed by atoms with E-state index in [1.54, 1.807) is 4.90 Å². The molecule has 0 unspecified atom stereocenters. The average molecular weight is 253 g/mol. The highest BCUT2D eigenvalue weighted by molar-refractivity contribution is 5.85. The van der Waals surface area contributed by atoms with Crippen LogP contribution in [-0.4, -0.2) is 35.5 Å². The summed E-state index contributed by atoms with van der Waals surface area (Å²) in [6.45, 7) is 0.800. The van der Waals surface area contributed by atoms with Crippen LogP contribution in [0, 0.1) is 11.3 Å². The van der Waals surface area contributed by atoms with Gasteiger partial charge in [-0.05, 0) is 31.6 Å². The van der Waals surface area contributed by atoms with E-state index in [1.807, 2.05) is 7.05 Å². The molecule has 0 saturated heterocycles. The first-order valence-corrected chi connectivity index (χ1v) is 7.01. The van der Waals surface area contributed by atoms with Gasteiger partial charge >= 0.3 is 5.97 Å². The number of rotatable bonds is 5. The maximum absolute atomic E-state index is 12.1. The fourth-order valence-electron chi connectivity index (χ4n) is 3.11. The van der Waals surface area contributed by atoms with Crippen LogP contribution in [0.15, 0.2) is 0 Å². The molecule has 4 heteroatoms. The number of hydrogen-bond donors (Lipinski definition) is 1. The molecule has 0 spiro atoms. The van der Waals surface area contributed by atoms with E-state index in [0.29, 0.717) is 18.8 Å². The van der Waals surface area contributed by atoms with E-state index in [0.717, 1.165) is 19.4 Å². The van der Waals surface area contributed by atoms with Gasteiger partial charge in [0.25, 0.3) is 0 Å². The van der Waals surface area contributed by atoms with Gasteiger partial charge in [-0.15, -0.1) is 0 Å². The lowest BCUT2D eigenvalue weighted by molar-refractivity contribution is -0.153. The summed E-state index contributed by atoms with van der Waals surface area (Å²) in [5.74, 6) is -0.139. The predicted octanol–water partition coefficient (Wildman–Crippen LogP) is 2.28. The zero-order valence-electron chi connectivity index (χ0n) is 11.2. The second-order valence-corrected chi connectivity index (χ2v) is 6.04. The maximum Gasteiger partial charge on any atom is 0.310 e. The van der Waals surface area contributed by atoms with Gasteiger partial charge in [-0.2, -0.15) is 0 Å². The second-order valence-electron chi connectivity index (χ2n) is 6.04. The van der Waals surface area contributed by atoms with Crippen molar-refractivity contribution >= 4 is 11.9 Å².